The van der Waals surface area contributed by atoms with Gasteiger partial charge in [-0.15, -0.1) is 6.58 Å². The fourth-order valence-electron chi connectivity index (χ4n) is 3.07. The molecule has 0 aliphatic carbocycles. The van der Waals surface area contributed by atoms with Gasteiger partial charge in [-0.2, -0.15) is 0 Å². The van der Waals surface area contributed by atoms with E-state index in [-0.39, 0.29) is 11.7 Å². The van der Waals surface area contributed by atoms with E-state index in [0.29, 0.717) is 30.2 Å². The van der Waals surface area contributed by atoms with Crippen LogP contribution in [0.15, 0.2) is 67.4 Å². The van der Waals surface area contributed by atoms with Gasteiger partial charge in [0.05, 0.1) is 20.8 Å². The zero-order valence-electron chi connectivity index (χ0n) is 18.5. The predicted octanol–water partition coefficient (Wildman–Crippen LogP) is 4.81. The summed E-state index contributed by atoms with van der Waals surface area (Å²) in [5, 5.41) is 0. The smallest absolute Gasteiger partial charge is 0.239 e. The maximum Gasteiger partial charge on any atom is 0.239 e. The van der Waals surface area contributed by atoms with Gasteiger partial charge in [0.15, 0.2) is 11.5 Å². The minimum atomic E-state index is -1.18. The highest BCUT2D eigenvalue weighted by Gasteiger charge is 2.17. The van der Waals surface area contributed by atoms with Gasteiger partial charge < -0.3 is 14.4 Å². The first-order valence-electron chi connectivity index (χ1n) is 10.2. The molecule has 0 aliphatic rings. The van der Waals surface area contributed by atoms with Crippen molar-refractivity contribution in [1.82, 2.24) is 4.90 Å². The average molecular weight is 442 g/mol. The van der Waals surface area contributed by atoms with Gasteiger partial charge in [-0.3, -0.25) is 9.00 Å². The zero-order valence-corrected chi connectivity index (χ0v) is 19.3. The van der Waals surface area contributed by atoms with E-state index in [0.717, 1.165) is 23.1 Å². The zero-order chi connectivity index (χ0) is 22.6. The van der Waals surface area contributed by atoms with Gasteiger partial charge >= 0.3 is 0 Å². The summed E-state index contributed by atoms with van der Waals surface area (Å²) in [6.45, 7) is 6.05. The number of rotatable bonds is 12. The van der Waals surface area contributed by atoms with Crippen molar-refractivity contribution in [3.8, 4) is 11.5 Å². The topological polar surface area (TPSA) is 55.8 Å². The summed E-state index contributed by atoms with van der Waals surface area (Å²) < 4.78 is 22.9. The molecule has 0 aliphatic heterocycles. The van der Waals surface area contributed by atoms with Crippen LogP contribution in [0.4, 0.5) is 0 Å². The monoisotopic (exact) mass is 441 g/mol. The number of ether oxygens (including phenoxy) is 2. The van der Waals surface area contributed by atoms with Crippen molar-refractivity contribution in [3.63, 3.8) is 0 Å². The van der Waals surface area contributed by atoms with Crippen molar-refractivity contribution in [2.45, 2.75) is 26.3 Å². The molecule has 0 fully saturated rings. The maximum atomic E-state index is 13.0. The first kappa shape index (κ1) is 24.4. The van der Waals surface area contributed by atoms with Crippen LogP contribution in [0.25, 0.3) is 5.57 Å². The van der Waals surface area contributed by atoms with Gasteiger partial charge in [0, 0.05) is 22.8 Å². The molecule has 31 heavy (non-hydrogen) atoms. The van der Waals surface area contributed by atoms with Crippen LogP contribution in [0.1, 0.15) is 30.9 Å². The van der Waals surface area contributed by atoms with Crippen LogP contribution in [-0.2, 0) is 22.1 Å². The molecule has 0 saturated carbocycles. The quantitative estimate of drug-likeness (QED) is 0.444. The summed E-state index contributed by atoms with van der Waals surface area (Å²) >= 11 is 0. The number of hydrogen-bond acceptors (Lipinski definition) is 4. The highest BCUT2D eigenvalue weighted by molar-refractivity contribution is 7.85. The second kappa shape index (κ2) is 12.7. The predicted molar refractivity (Wildman–Crippen MR) is 127 cm³/mol. The summed E-state index contributed by atoms with van der Waals surface area (Å²) in [5.74, 6) is 1.55. The van der Waals surface area contributed by atoms with Crippen molar-refractivity contribution in [1.29, 1.82) is 0 Å². The molecule has 0 saturated heterocycles. The number of nitrogens with zero attached hydrogens (tertiary/aromatic N) is 1. The third-order valence-corrected chi connectivity index (χ3v) is 6.02. The second-order valence-electron chi connectivity index (χ2n) is 6.93. The molecular formula is C25H31NO4S. The Labute approximate surface area is 187 Å². The van der Waals surface area contributed by atoms with E-state index in [4.69, 9.17) is 9.47 Å². The van der Waals surface area contributed by atoms with Crippen molar-refractivity contribution in [3.05, 3.63) is 78.5 Å². The Balaban J connectivity index is 2.46. The molecule has 0 bridgehead atoms. The third kappa shape index (κ3) is 7.40. The molecule has 2 aromatic carbocycles. The standard InChI is InChI=1S/C25H31NO4S/c1-5-7-13-22(21-14-15-23(29-3)24(16-21)30-4)18-26(25(27)19-31(28)6-2)17-20-11-9-8-10-12-20/h5,8-12,14-16,18H,1,6-7,13,17,19H2,2-4H3/b22-18-. The third-order valence-electron chi connectivity index (χ3n) is 4.81. The fraction of sp³-hybridized carbons (Fsp3) is 0.320. The lowest BCUT2D eigenvalue weighted by molar-refractivity contribution is -0.126. The van der Waals surface area contributed by atoms with Gasteiger partial charge in [-0.05, 0) is 41.7 Å². The van der Waals surface area contributed by atoms with Crippen molar-refractivity contribution in [2.75, 3.05) is 25.7 Å². The molecule has 2 rings (SSSR count). The van der Waals surface area contributed by atoms with Gasteiger partial charge in [-0.25, -0.2) is 0 Å². The number of allylic oxidation sites excluding steroid dienone is 2. The summed E-state index contributed by atoms with van der Waals surface area (Å²) in [5.41, 5.74) is 2.90. The van der Waals surface area contributed by atoms with Gasteiger partial charge in [0.1, 0.15) is 5.75 Å². The molecular weight excluding hydrogens is 410 g/mol. The Morgan fingerprint density at radius 1 is 1.10 bits per heavy atom. The summed E-state index contributed by atoms with van der Waals surface area (Å²) in [6.07, 6.45) is 5.18. The van der Waals surface area contributed by atoms with Crippen LogP contribution in [-0.4, -0.2) is 40.7 Å². The average Bonchev–Trinajstić information content (AvgIpc) is 2.80. The van der Waals surface area contributed by atoms with Crippen molar-refractivity contribution >= 4 is 22.3 Å². The molecule has 1 atom stereocenters. The Kier molecular flexibility index (Phi) is 10.0. The van der Waals surface area contributed by atoms with Crippen LogP contribution >= 0.6 is 0 Å². The van der Waals surface area contributed by atoms with E-state index in [2.05, 4.69) is 6.58 Å². The van der Waals surface area contributed by atoms with Gasteiger partial charge in [0.25, 0.3) is 0 Å². The molecule has 0 radical (unpaired) electrons. The van der Waals surface area contributed by atoms with Crippen LogP contribution < -0.4 is 9.47 Å². The lowest BCUT2D eigenvalue weighted by Gasteiger charge is -2.21. The molecule has 166 valence electrons. The SMILES string of the molecule is C=CCC/C(=C/N(Cc1ccccc1)C(=O)CS(=O)CC)c1ccc(OC)c(OC)c1. The Morgan fingerprint density at radius 3 is 2.42 bits per heavy atom. The number of benzene rings is 2. The minimum absolute atomic E-state index is 0.000502. The van der Waals surface area contributed by atoms with Crippen LogP contribution in [0, 0.1) is 0 Å². The highest BCUT2D eigenvalue weighted by atomic mass is 32.2. The second-order valence-corrected chi connectivity index (χ2v) is 8.68. The first-order chi connectivity index (χ1) is 15.0. The molecule has 1 unspecified atom stereocenters. The highest BCUT2D eigenvalue weighted by Crippen LogP contribution is 2.32. The number of carbonyl (C=O) groups is 1. The summed E-state index contributed by atoms with van der Waals surface area (Å²) in [7, 11) is 2.01. The molecule has 0 aromatic heterocycles. The summed E-state index contributed by atoms with van der Waals surface area (Å²) in [6, 6.07) is 15.5. The van der Waals surface area contributed by atoms with Crippen molar-refractivity contribution in [2.24, 2.45) is 0 Å². The maximum absolute atomic E-state index is 13.0. The van der Waals surface area contributed by atoms with Crippen LogP contribution in [0.3, 0.4) is 0 Å². The number of methoxy groups -OCH3 is 2. The van der Waals surface area contributed by atoms with E-state index in [1.807, 2.05) is 67.7 Å². The fourth-order valence-corrected chi connectivity index (χ4v) is 3.72. The Bertz CT molecular complexity index is 924. The number of amides is 1. The van der Waals surface area contributed by atoms with E-state index >= 15 is 0 Å². The summed E-state index contributed by atoms with van der Waals surface area (Å²) in [4.78, 5) is 14.7. The van der Waals surface area contributed by atoms with Gasteiger partial charge in [-0.1, -0.05) is 49.4 Å². The largest absolute Gasteiger partial charge is 0.493 e. The number of hydrogen-bond donors (Lipinski definition) is 0. The molecule has 0 N–H and O–H groups in total. The Morgan fingerprint density at radius 2 is 1.81 bits per heavy atom. The van der Waals surface area contributed by atoms with Crippen LogP contribution in [0.2, 0.25) is 0 Å². The molecule has 1 amide bonds. The normalized spacial score (nSPS) is 12.2. The van der Waals surface area contributed by atoms with E-state index < -0.39 is 10.8 Å². The lowest BCUT2D eigenvalue weighted by atomic mass is 10.0. The van der Waals surface area contributed by atoms with Crippen molar-refractivity contribution < 1.29 is 18.5 Å². The van der Waals surface area contributed by atoms with E-state index in [1.54, 1.807) is 19.1 Å². The Hall–Kier alpha value is -2.86. The van der Waals surface area contributed by atoms with Gasteiger partial charge in [0.2, 0.25) is 5.91 Å². The molecule has 0 heterocycles. The lowest BCUT2D eigenvalue weighted by Crippen LogP contribution is -2.30. The number of carbonyl (C=O) groups excluding carboxylic acids is 1. The molecule has 0 spiro atoms. The molecule has 6 heteroatoms. The molecule has 5 nitrogen and oxygen atoms in total. The molecule has 2 aromatic rings. The van der Waals surface area contributed by atoms with E-state index in [1.165, 1.54) is 0 Å². The van der Waals surface area contributed by atoms with E-state index in [9.17, 15) is 9.00 Å². The van der Waals surface area contributed by atoms with Crippen LogP contribution in [0.5, 0.6) is 11.5 Å². The first-order valence-corrected chi connectivity index (χ1v) is 11.7. The minimum Gasteiger partial charge on any atom is -0.493 e.